The van der Waals surface area contributed by atoms with Gasteiger partial charge in [-0.25, -0.2) is 12.8 Å². The molecule has 0 aliphatic carbocycles. The molecule has 0 spiro atoms. The molecule has 0 aromatic heterocycles. The molecule has 0 bridgehead atoms. The van der Waals surface area contributed by atoms with Gasteiger partial charge in [0.25, 0.3) is 0 Å². The SMILES string of the molecule is CSCCC(C)N(C)S(=O)(=O)c1cccc(F)c1C#N. The lowest BCUT2D eigenvalue weighted by Gasteiger charge is -2.24. The first kappa shape index (κ1) is 17.0. The molecule has 1 aromatic carbocycles. The van der Waals surface area contributed by atoms with Gasteiger partial charge in [0, 0.05) is 13.1 Å². The zero-order valence-corrected chi connectivity index (χ0v) is 13.3. The van der Waals surface area contributed by atoms with Gasteiger partial charge in [0.05, 0.1) is 0 Å². The molecule has 1 unspecified atom stereocenters. The second-order valence-electron chi connectivity index (χ2n) is 4.38. The summed E-state index contributed by atoms with van der Waals surface area (Å²) in [5.41, 5.74) is -0.434. The third-order valence-corrected chi connectivity index (χ3v) is 5.76. The van der Waals surface area contributed by atoms with Crippen LogP contribution in [-0.4, -0.2) is 37.8 Å². The van der Waals surface area contributed by atoms with Gasteiger partial charge in [-0.05, 0) is 37.5 Å². The number of nitriles is 1. The van der Waals surface area contributed by atoms with Gasteiger partial charge < -0.3 is 0 Å². The number of thioether (sulfide) groups is 1. The molecule has 0 aliphatic heterocycles. The molecule has 4 nitrogen and oxygen atoms in total. The lowest BCUT2D eigenvalue weighted by molar-refractivity contribution is 0.382. The lowest BCUT2D eigenvalue weighted by atomic mass is 10.2. The second-order valence-corrected chi connectivity index (χ2v) is 7.33. The van der Waals surface area contributed by atoms with Crippen molar-refractivity contribution in [1.29, 1.82) is 5.26 Å². The van der Waals surface area contributed by atoms with Crippen LogP contribution in [0.15, 0.2) is 23.1 Å². The Morgan fingerprint density at radius 1 is 1.50 bits per heavy atom. The van der Waals surface area contributed by atoms with E-state index in [0.29, 0.717) is 6.42 Å². The first-order valence-corrected chi connectivity index (χ1v) is 8.85. The predicted molar refractivity (Wildman–Crippen MR) is 78.5 cm³/mol. The summed E-state index contributed by atoms with van der Waals surface area (Å²) in [6, 6.07) is 5.03. The average Bonchev–Trinajstić information content (AvgIpc) is 2.43. The molecule has 0 saturated heterocycles. The molecule has 20 heavy (non-hydrogen) atoms. The third-order valence-electron chi connectivity index (χ3n) is 3.10. The number of hydrogen-bond donors (Lipinski definition) is 0. The fraction of sp³-hybridized carbons (Fsp3) is 0.462. The van der Waals surface area contributed by atoms with Crippen LogP contribution in [0.4, 0.5) is 4.39 Å². The molecule has 0 aliphatic rings. The van der Waals surface area contributed by atoms with E-state index in [2.05, 4.69) is 0 Å². The van der Waals surface area contributed by atoms with Crippen molar-refractivity contribution < 1.29 is 12.8 Å². The van der Waals surface area contributed by atoms with Crippen LogP contribution in [0.2, 0.25) is 0 Å². The van der Waals surface area contributed by atoms with E-state index in [-0.39, 0.29) is 10.9 Å². The van der Waals surface area contributed by atoms with Crippen molar-refractivity contribution in [2.24, 2.45) is 0 Å². The summed E-state index contributed by atoms with van der Waals surface area (Å²) in [5, 5.41) is 8.95. The molecule has 1 atom stereocenters. The summed E-state index contributed by atoms with van der Waals surface area (Å²) in [6.07, 6.45) is 2.63. The van der Waals surface area contributed by atoms with Crippen molar-refractivity contribution >= 4 is 21.8 Å². The van der Waals surface area contributed by atoms with E-state index in [1.807, 2.05) is 6.26 Å². The summed E-state index contributed by atoms with van der Waals surface area (Å²) in [5.74, 6) is 0.00805. The van der Waals surface area contributed by atoms with Crippen LogP contribution >= 0.6 is 11.8 Å². The number of halogens is 1. The molecule has 0 N–H and O–H groups in total. The van der Waals surface area contributed by atoms with Gasteiger partial charge in [-0.1, -0.05) is 6.07 Å². The smallest absolute Gasteiger partial charge is 0.207 e. The number of nitrogens with zero attached hydrogens (tertiary/aromatic N) is 2. The van der Waals surface area contributed by atoms with Crippen molar-refractivity contribution in [1.82, 2.24) is 4.31 Å². The highest BCUT2D eigenvalue weighted by molar-refractivity contribution is 7.98. The minimum Gasteiger partial charge on any atom is -0.207 e. The van der Waals surface area contributed by atoms with Crippen molar-refractivity contribution in [3.63, 3.8) is 0 Å². The van der Waals surface area contributed by atoms with Crippen LogP contribution in [0.3, 0.4) is 0 Å². The van der Waals surface area contributed by atoms with Gasteiger partial charge in [-0.3, -0.25) is 0 Å². The first-order chi connectivity index (χ1) is 9.36. The van der Waals surface area contributed by atoms with Crippen LogP contribution in [-0.2, 0) is 10.0 Å². The van der Waals surface area contributed by atoms with Crippen molar-refractivity contribution in [2.45, 2.75) is 24.3 Å². The van der Waals surface area contributed by atoms with E-state index in [1.165, 1.54) is 23.5 Å². The van der Waals surface area contributed by atoms with Gasteiger partial charge in [-0.2, -0.15) is 21.3 Å². The van der Waals surface area contributed by atoms with Crippen molar-refractivity contribution in [3.05, 3.63) is 29.6 Å². The van der Waals surface area contributed by atoms with Gasteiger partial charge in [0.15, 0.2) is 0 Å². The van der Waals surface area contributed by atoms with Crippen LogP contribution < -0.4 is 0 Å². The molecule has 0 fully saturated rings. The molecular weight excluding hydrogens is 299 g/mol. The summed E-state index contributed by atoms with van der Waals surface area (Å²) in [4.78, 5) is -0.279. The van der Waals surface area contributed by atoms with Gasteiger partial charge in [0.1, 0.15) is 22.3 Å². The Labute approximate surface area is 123 Å². The number of rotatable bonds is 6. The maximum atomic E-state index is 13.5. The molecule has 1 aromatic rings. The van der Waals surface area contributed by atoms with Gasteiger partial charge in [0.2, 0.25) is 10.0 Å². The van der Waals surface area contributed by atoms with Crippen LogP contribution in [0.5, 0.6) is 0 Å². The quantitative estimate of drug-likeness (QED) is 0.809. The molecule has 0 saturated carbocycles. The van der Waals surface area contributed by atoms with Crippen molar-refractivity contribution in [3.8, 4) is 6.07 Å². The summed E-state index contributed by atoms with van der Waals surface area (Å²) in [6.45, 7) is 1.79. The summed E-state index contributed by atoms with van der Waals surface area (Å²) in [7, 11) is -2.42. The maximum Gasteiger partial charge on any atom is 0.244 e. The largest absolute Gasteiger partial charge is 0.244 e. The Hall–Kier alpha value is -1.10. The minimum atomic E-state index is -3.87. The van der Waals surface area contributed by atoms with E-state index >= 15 is 0 Å². The lowest BCUT2D eigenvalue weighted by Crippen LogP contribution is -2.36. The van der Waals surface area contributed by atoms with Gasteiger partial charge >= 0.3 is 0 Å². The average molecular weight is 316 g/mol. The Balaban J connectivity index is 3.18. The topological polar surface area (TPSA) is 61.2 Å². The molecule has 1 rings (SSSR count). The Morgan fingerprint density at radius 3 is 2.70 bits per heavy atom. The normalized spacial score (nSPS) is 13.2. The number of hydrogen-bond acceptors (Lipinski definition) is 4. The molecule has 110 valence electrons. The van der Waals surface area contributed by atoms with Crippen molar-refractivity contribution in [2.75, 3.05) is 19.1 Å². The highest BCUT2D eigenvalue weighted by atomic mass is 32.2. The third kappa shape index (κ3) is 3.51. The zero-order chi connectivity index (χ0) is 15.3. The van der Waals surface area contributed by atoms with Crippen LogP contribution in [0, 0.1) is 17.1 Å². The van der Waals surface area contributed by atoms with Crippen LogP contribution in [0.25, 0.3) is 0 Å². The van der Waals surface area contributed by atoms with Crippen LogP contribution in [0.1, 0.15) is 18.9 Å². The van der Waals surface area contributed by atoms with E-state index in [1.54, 1.807) is 24.8 Å². The van der Waals surface area contributed by atoms with E-state index in [9.17, 15) is 12.8 Å². The maximum absolute atomic E-state index is 13.5. The molecule has 0 radical (unpaired) electrons. The molecule has 0 heterocycles. The fourth-order valence-corrected chi connectivity index (χ4v) is 3.81. The zero-order valence-electron chi connectivity index (χ0n) is 11.6. The Kier molecular flexibility index (Phi) is 5.99. The van der Waals surface area contributed by atoms with E-state index in [0.717, 1.165) is 11.8 Å². The monoisotopic (exact) mass is 316 g/mol. The molecular formula is C13H17FN2O2S2. The highest BCUT2D eigenvalue weighted by Gasteiger charge is 2.28. The highest BCUT2D eigenvalue weighted by Crippen LogP contribution is 2.23. The molecule has 0 amide bonds. The number of benzene rings is 1. The number of sulfonamides is 1. The fourth-order valence-electron chi connectivity index (χ4n) is 1.69. The first-order valence-electron chi connectivity index (χ1n) is 6.01. The van der Waals surface area contributed by atoms with E-state index in [4.69, 9.17) is 5.26 Å². The second kappa shape index (κ2) is 7.07. The van der Waals surface area contributed by atoms with E-state index < -0.39 is 21.4 Å². The Bertz CT molecular complexity index is 611. The summed E-state index contributed by atoms with van der Waals surface area (Å²) >= 11 is 1.63. The predicted octanol–water partition coefficient (Wildman–Crippen LogP) is 2.46. The van der Waals surface area contributed by atoms with Gasteiger partial charge in [-0.15, -0.1) is 0 Å². The molecule has 7 heteroatoms. The minimum absolute atomic E-state index is 0.220. The Morgan fingerprint density at radius 2 is 2.15 bits per heavy atom. The summed E-state index contributed by atoms with van der Waals surface area (Å²) < 4.78 is 39.7. The standard InChI is InChI=1S/C13H17FN2O2S2/c1-10(7-8-19-3)16(2)20(17,18)13-6-4-5-12(14)11(13)9-15/h4-6,10H,7-8H2,1-3H3.